The summed E-state index contributed by atoms with van der Waals surface area (Å²) in [5, 5.41) is 3.17. The van der Waals surface area contributed by atoms with Crippen LogP contribution in [0.15, 0.2) is 55.1 Å². The minimum atomic E-state index is -0.344. The first-order valence-corrected chi connectivity index (χ1v) is 8.31. The zero-order valence-electron chi connectivity index (χ0n) is 13.9. The summed E-state index contributed by atoms with van der Waals surface area (Å²) in [6.45, 7) is 3.82. The summed E-state index contributed by atoms with van der Waals surface area (Å²) in [6.07, 6.45) is 1.63. The Bertz CT molecular complexity index is 853. The van der Waals surface area contributed by atoms with E-state index in [-0.39, 0.29) is 25.0 Å². The Kier molecular flexibility index (Phi) is 5.43. The van der Waals surface area contributed by atoms with Crippen LogP contribution >= 0.6 is 11.6 Å². The second-order valence-electron chi connectivity index (χ2n) is 5.53. The number of nitrogens with one attached hydrogen (secondary N) is 1. The van der Waals surface area contributed by atoms with Crippen molar-refractivity contribution in [1.29, 1.82) is 0 Å². The average molecular weight is 373 g/mol. The van der Waals surface area contributed by atoms with Gasteiger partial charge >= 0.3 is 0 Å². The molecule has 1 N–H and O–H groups in total. The SMILES string of the molecule is C=CCN1C(=O)COc2ccc(NC(=O)COc3ccccc3Cl)cc21. The van der Waals surface area contributed by atoms with Crippen molar-refractivity contribution < 1.29 is 19.1 Å². The fourth-order valence-electron chi connectivity index (χ4n) is 2.51. The average Bonchev–Trinajstić information content (AvgIpc) is 2.63. The number of amides is 2. The van der Waals surface area contributed by atoms with Crippen LogP contribution in [0.2, 0.25) is 5.02 Å². The fourth-order valence-corrected chi connectivity index (χ4v) is 2.70. The molecule has 26 heavy (non-hydrogen) atoms. The van der Waals surface area contributed by atoms with E-state index in [2.05, 4.69) is 11.9 Å². The molecular weight excluding hydrogens is 356 g/mol. The molecule has 1 heterocycles. The summed E-state index contributed by atoms with van der Waals surface area (Å²) < 4.78 is 10.8. The molecule has 0 fully saturated rings. The molecule has 6 nitrogen and oxygen atoms in total. The number of para-hydroxylation sites is 1. The van der Waals surface area contributed by atoms with Crippen LogP contribution in [0.25, 0.3) is 0 Å². The number of hydrogen-bond acceptors (Lipinski definition) is 4. The molecule has 0 bridgehead atoms. The van der Waals surface area contributed by atoms with Gasteiger partial charge in [0.15, 0.2) is 13.2 Å². The van der Waals surface area contributed by atoms with Crippen LogP contribution in [0.4, 0.5) is 11.4 Å². The number of anilines is 2. The van der Waals surface area contributed by atoms with E-state index in [1.807, 2.05) is 0 Å². The molecule has 0 aliphatic carbocycles. The minimum absolute atomic E-state index is 0.0157. The first-order chi connectivity index (χ1) is 12.6. The molecule has 7 heteroatoms. The summed E-state index contributed by atoms with van der Waals surface area (Å²) in [5.74, 6) is 0.508. The highest BCUT2D eigenvalue weighted by atomic mass is 35.5. The molecule has 0 atom stereocenters. The van der Waals surface area contributed by atoms with Crippen molar-refractivity contribution in [2.75, 3.05) is 30.0 Å². The number of carbonyl (C=O) groups excluding carboxylic acids is 2. The smallest absolute Gasteiger partial charge is 0.265 e. The summed E-state index contributed by atoms with van der Waals surface area (Å²) in [6, 6.07) is 12.0. The summed E-state index contributed by atoms with van der Waals surface area (Å²) in [5.41, 5.74) is 1.12. The largest absolute Gasteiger partial charge is 0.482 e. The lowest BCUT2D eigenvalue weighted by molar-refractivity contribution is -0.121. The maximum absolute atomic E-state index is 12.1. The third-order valence-corrected chi connectivity index (χ3v) is 4.01. The lowest BCUT2D eigenvalue weighted by atomic mass is 10.2. The molecule has 1 aliphatic rings. The summed E-state index contributed by atoms with van der Waals surface area (Å²) >= 11 is 5.99. The van der Waals surface area contributed by atoms with Gasteiger partial charge in [-0.05, 0) is 30.3 Å². The maximum Gasteiger partial charge on any atom is 0.265 e. The highest BCUT2D eigenvalue weighted by Gasteiger charge is 2.25. The van der Waals surface area contributed by atoms with Crippen LogP contribution in [0.5, 0.6) is 11.5 Å². The number of fused-ring (bicyclic) bond motifs is 1. The standard InChI is InChI=1S/C19H17ClN2O4/c1-2-9-22-15-10-13(7-8-17(15)26-12-19(22)24)21-18(23)11-25-16-6-4-3-5-14(16)20/h2-8,10H,1,9,11-12H2,(H,21,23). The molecule has 3 rings (SSSR count). The van der Waals surface area contributed by atoms with Gasteiger partial charge < -0.3 is 19.7 Å². The number of benzene rings is 2. The Morgan fingerprint density at radius 1 is 1.35 bits per heavy atom. The maximum atomic E-state index is 12.1. The molecule has 0 unspecified atom stereocenters. The Balaban J connectivity index is 1.68. The van der Waals surface area contributed by atoms with Crippen molar-refractivity contribution >= 4 is 34.8 Å². The number of halogens is 1. The monoisotopic (exact) mass is 372 g/mol. The van der Waals surface area contributed by atoms with Crippen molar-refractivity contribution in [1.82, 2.24) is 0 Å². The molecule has 2 aromatic carbocycles. The van der Waals surface area contributed by atoms with Crippen molar-refractivity contribution in [3.8, 4) is 11.5 Å². The molecule has 0 spiro atoms. The zero-order valence-corrected chi connectivity index (χ0v) is 14.7. The van der Waals surface area contributed by atoms with Gasteiger partial charge in [-0.1, -0.05) is 29.8 Å². The van der Waals surface area contributed by atoms with E-state index >= 15 is 0 Å². The van der Waals surface area contributed by atoms with Crippen LogP contribution in [-0.4, -0.2) is 31.6 Å². The predicted molar refractivity (Wildman–Crippen MR) is 100 cm³/mol. The second-order valence-corrected chi connectivity index (χ2v) is 5.94. The molecule has 1 aliphatic heterocycles. The van der Waals surface area contributed by atoms with Crippen molar-refractivity contribution in [3.05, 3.63) is 60.1 Å². The fraction of sp³-hybridized carbons (Fsp3) is 0.158. The normalized spacial score (nSPS) is 12.8. The lowest BCUT2D eigenvalue weighted by Crippen LogP contribution is -2.38. The van der Waals surface area contributed by atoms with Crippen molar-refractivity contribution in [2.24, 2.45) is 0 Å². The number of carbonyl (C=O) groups is 2. The number of nitrogens with zero attached hydrogens (tertiary/aromatic N) is 1. The van der Waals surface area contributed by atoms with Gasteiger partial charge in [0.2, 0.25) is 0 Å². The molecule has 0 aromatic heterocycles. The highest BCUT2D eigenvalue weighted by Crippen LogP contribution is 2.34. The molecule has 0 saturated heterocycles. The van der Waals surface area contributed by atoms with Crippen LogP contribution in [-0.2, 0) is 9.59 Å². The second kappa shape index (κ2) is 7.93. The molecule has 2 amide bonds. The Hall–Kier alpha value is -2.99. The van der Waals surface area contributed by atoms with E-state index in [9.17, 15) is 9.59 Å². The number of hydrogen-bond donors (Lipinski definition) is 1. The highest BCUT2D eigenvalue weighted by molar-refractivity contribution is 6.32. The lowest BCUT2D eigenvalue weighted by Gasteiger charge is -2.28. The molecule has 0 saturated carbocycles. The Morgan fingerprint density at radius 3 is 2.92 bits per heavy atom. The Morgan fingerprint density at radius 2 is 2.15 bits per heavy atom. The van der Waals surface area contributed by atoms with Gasteiger partial charge in [0.05, 0.1) is 10.7 Å². The molecule has 2 aromatic rings. The van der Waals surface area contributed by atoms with Gasteiger partial charge in [0.25, 0.3) is 11.8 Å². The minimum Gasteiger partial charge on any atom is -0.482 e. The van der Waals surface area contributed by atoms with Gasteiger partial charge in [-0.3, -0.25) is 9.59 Å². The van der Waals surface area contributed by atoms with Crippen LogP contribution in [0.3, 0.4) is 0 Å². The zero-order chi connectivity index (χ0) is 18.5. The topological polar surface area (TPSA) is 67.9 Å². The van der Waals surface area contributed by atoms with E-state index in [0.717, 1.165) is 0 Å². The van der Waals surface area contributed by atoms with E-state index < -0.39 is 0 Å². The van der Waals surface area contributed by atoms with Crippen molar-refractivity contribution in [2.45, 2.75) is 0 Å². The molecule has 0 radical (unpaired) electrons. The number of rotatable bonds is 6. The van der Waals surface area contributed by atoms with Crippen LogP contribution in [0.1, 0.15) is 0 Å². The van der Waals surface area contributed by atoms with Gasteiger partial charge in [-0.25, -0.2) is 0 Å². The third kappa shape index (κ3) is 3.97. The third-order valence-electron chi connectivity index (χ3n) is 3.69. The van der Waals surface area contributed by atoms with Crippen molar-refractivity contribution in [3.63, 3.8) is 0 Å². The van der Waals surface area contributed by atoms with E-state index in [4.69, 9.17) is 21.1 Å². The quantitative estimate of drug-likeness (QED) is 0.790. The number of ether oxygens (including phenoxy) is 2. The van der Waals surface area contributed by atoms with E-state index in [1.54, 1.807) is 53.4 Å². The predicted octanol–water partition coefficient (Wildman–Crippen LogP) is 3.27. The van der Waals surface area contributed by atoms with Gasteiger partial charge in [-0.2, -0.15) is 0 Å². The Labute approximate surface area is 156 Å². The van der Waals surface area contributed by atoms with Gasteiger partial charge in [0.1, 0.15) is 11.5 Å². The first kappa shape index (κ1) is 17.8. The van der Waals surface area contributed by atoms with Crippen LogP contribution in [0, 0.1) is 0 Å². The molecular formula is C19H17ClN2O4. The van der Waals surface area contributed by atoms with E-state index in [0.29, 0.717) is 34.4 Å². The van der Waals surface area contributed by atoms with Crippen LogP contribution < -0.4 is 19.7 Å². The summed E-state index contributed by atoms with van der Waals surface area (Å²) in [7, 11) is 0. The molecule has 134 valence electrons. The first-order valence-electron chi connectivity index (χ1n) is 7.94. The van der Waals surface area contributed by atoms with E-state index in [1.165, 1.54) is 0 Å². The summed E-state index contributed by atoms with van der Waals surface area (Å²) in [4.78, 5) is 25.7. The van der Waals surface area contributed by atoms with Gasteiger partial charge in [0, 0.05) is 12.2 Å². The van der Waals surface area contributed by atoms with Gasteiger partial charge in [-0.15, -0.1) is 6.58 Å².